The summed E-state index contributed by atoms with van der Waals surface area (Å²) < 4.78 is 18.7. The maximum atomic E-state index is 13.4. The van der Waals surface area contributed by atoms with E-state index in [9.17, 15) is 14.0 Å². The lowest BCUT2D eigenvalue weighted by Crippen LogP contribution is -2.51. The van der Waals surface area contributed by atoms with Crippen LogP contribution in [-0.2, 0) is 14.3 Å². The molecule has 1 aromatic carbocycles. The highest BCUT2D eigenvalue weighted by Crippen LogP contribution is 2.49. The third kappa shape index (κ3) is 3.27. The largest absolute Gasteiger partial charge is 0.378 e. The fourth-order valence-electron chi connectivity index (χ4n) is 4.07. The molecule has 0 spiro atoms. The van der Waals surface area contributed by atoms with Crippen molar-refractivity contribution >= 4 is 11.8 Å². The molecule has 0 unspecified atom stereocenters. The summed E-state index contributed by atoms with van der Waals surface area (Å²) in [5.74, 6) is -0.185. The summed E-state index contributed by atoms with van der Waals surface area (Å²) in [6.45, 7) is 2.98. The average molecular weight is 346 g/mol. The van der Waals surface area contributed by atoms with Crippen LogP contribution in [0.4, 0.5) is 4.39 Å². The zero-order chi connectivity index (χ0) is 17.4. The van der Waals surface area contributed by atoms with E-state index in [2.05, 4.69) is 0 Å². The quantitative estimate of drug-likeness (QED) is 0.838. The second kappa shape index (κ2) is 6.75. The summed E-state index contributed by atoms with van der Waals surface area (Å²) in [4.78, 5) is 29.3. The van der Waals surface area contributed by atoms with Crippen molar-refractivity contribution < 1.29 is 18.7 Å². The van der Waals surface area contributed by atoms with Gasteiger partial charge in [0, 0.05) is 25.6 Å². The van der Waals surface area contributed by atoms with Gasteiger partial charge in [0.1, 0.15) is 11.9 Å². The SMILES string of the molecule is O=C([C@H]1CCCN1C(=O)[C@@H]1C[C@@H]1c1cccc(F)c1)N1CCOCC1. The highest BCUT2D eigenvalue weighted by Gasteiger charge is 2.49. The Morgan fingerprint density at radius 1 is 1.12 bits per heavy atom. The number of carbonyl (C=O) groups is 2. The third-order valence-corrected chi connectivity index (χ3v) is 5.53. The number of benzene rings is 1. The lowest BCUT2D eigenvalue weighted by molar-refractivity contribution is -0.147. The van der Waals surface area contributed by atoms with Crippen LogP contribution in [0.1, 0.15) is 30.7 Å². The Bertz CT molecular complexity index is 674. The van der Waals surface area contributed by atoms with Gasteiger partial charge in [0.15, 0.2) is 0 Å². The van der Waals surface area contributed by atoms with Gasteiger partial charge in [0.25, 0.3) is 0 Å². The van der Waals surface area contributed by atoms with E-state index < -0.39 is 0 Å². The molecule has 4 rings (SSSR count). The van der Waals surface area contributed by atoms with Gasteiger partial charge in [0.2, 0.25) is 11.8 Å². The topological polar surface area (TPSA) is 49.9 Å². The maximum Gasteiger partial charge on any atom is 0.245 e. The first-order chi connectivity index (χ1) is 12.1. The van der Waals surface area contributed by atoms with Crippen LogP contribution in [0.3, 0.4) is 0 Å². The number of rotatable bonds is 3. The van der Waals surface area contributed by atoms with E-state index in [0.29, 0.717) is 32.8 Å². The Morgan fingerprint density at radius 3 is 2.68 bits per heavy atom. The predicted molar refractivity (Wildman–Crippen MR) is 89.4 cm³/mol. The Hall–Kier alpha value is -1.95. The molecule has 25 heavy (non-hydrogen) atoms. The van der Waals surface area contributed by atoms with Crippen molar-refractivity contribution in [3.05, 3.63) is 35.6 Å². The van der Waals surface area contributed by atoms with Crippen LogP contribution >= 0.6 is 0 Å². The Morgan fingerprint density at radius 2 is 1.92 bits per heavy atom. The molecule has 1 aromatic rings. The molecule has 2 heterocycles. The third-order valence-electron chi connectivity index (χ3n) is 5.53. The second-order valence-electron chi connectivity index (χ2n) is 7.13. The molecule has 0 bridgehead atoms. The van der Waals surface area contributed by atoms with Gasteiger partial charge in [-0.05, 0) is 42.9 Å². The van der Waals surface area contributed by atoms with Crippen LogP contribution in [0.25, 0.3) is 0 Å². The lowest BCUT2D eigenvalue weighted by atomic mass is 10.1. The standard InChI is InChI=1S/C19H23FN2O3/c20-14-4-1-3-13(11-14)15-12-16(15)18(23)22-6-2-5-17(22)19(24)21-7-9-25-10-8-21/h1,3-4,11,15-17H,2,5-10,12H2/t15-,16-,17-/m1/s1. The monoisotopic (exact) mass is 346 g/mol. The van der Waals surface area contributed by atoms with Gasteiger partial charge in [-0.25, -0.2) is 4.39 Å². The molecule has 0 N–H and O–H groups in total. The summed E-state index contributed by atoms with van der Waals surface area (Å²) in [7, 11) is 0. The van der Waals surface area contributed by atoms with Crippen molar-refractivity contribution in [2.24, 2.45) is 5.92 Å². The minimum Gasteiger partial charge on any atom is -0.378 e. The number of amides is 2. The smallest absolute Gasteiger partial charge is 0.245 e. The fraction of sp³-hybridized carbons (Fsp3) is 0.579. The van der Waals surface area contributed by atoms with E-state index in [1.807, 2.05) is 11.0 Å². The molecular weight excluding hydrogens is 323 g/mol. The molecule has 3 fully saturated rings. The van der Waals surface area contributed by atoms with Crippen LogP contribution in [0, 0.1) is 11.7 Å². The molecule has 1 saturated carbocycles. The maximum absolute atomic E-state index is 13.4. The van der Waals surface area contributed by atoms with E-state index in [1.165, 1.54) is 12.1 Å². The van der Waals surface area contributed by atoms with Crippen molar-refractivity contribution in [1.82, 2.24) is 9.80 Å². The lowest BCUT2D eigenvalue weighted by Gasteiger charge is -2.32. The first kappa shape index (κ1) is 16.5. The number of likely N-dealkylation sites (tertiary alicyclic amines) is 1. The highest BCUT2D eigenvalue weighted by atomic mass is 19.1. The molecule has 0 radical (unpaired) electrons. The van der Waals surface area contributed by atoms with Gasteiger partial charge in [-0.3, -0.25) is 9.59 Å². The summed E-state index contributed by atoms with van der Waals surface area (Å²) in [5.41, 5.74) is 0.883. The summed E-state index contributed by atoms with van der Waals surface area (Å²) in [5, 5.41) is 0. The van der Waals surface area contributed by atoms with Gasteiger partial charge >= 0.3 is 0 Å². The molecule has 3 aliphatic rings. The number of hydrogen-bond acceptors (Lipinski definition) is 3. The molecule has 1 aliphatic carbocycles. The van der Waals surface area contributed by atoms with E-state index >= 15 is 0 Å². The van der Waals surface area contributed by atoms with Crippen molar-refractivity contribution in [2.75, 3.05) is 32.8 Å². The van der Waals surface area contributed by atoms with Crippen molar-refractivity contribution in [1.29, 1.82) is 0 Å². The van der Waals surface area contributed by atoms with Crippen LogP contribution in [-0.4, -0.2) is 60.5 Å². The van der Waals surface area contributed by atoms with Crippen molar-refractivity contribution in [3.8, 4) is 0 Å². The van der Waals surface area contributed by atoms with E-state index in [0.717, 1.165) is 24.8 Å². The Balaban J connectivity index is 1.42. The minimum atomic E-state index is -0.334. The predicted octanol–water partition coefficient (Wildman–Crippen LogP) is 1.78. The molecule has 134 valence electrons. The number of morpholine rings is 1. The molecule has 2 amide bonds. The Kier molecular flexibility index (Phi) is 4.46. The van der Waals surface area contributed by atoms with Crippen molar-refractivity contribution in [3.63, 3.8) is 0 Å². The average Bonchev–Trinajstić information content (AvgIpc) is 3.29. The molecular formula is C19H23FN2O3. The zero-order valence-electron chi connectivity index (χ0n) is 14.2. The summed E-state index contributed by atoms with van der Waals surface area (Å²) in [6, 6.07) is 6.16. The minimum absolute atomic E-state index is 0.0529. The Labute approximate surface area is 146 Å². The van der Waals surface area contributed by atoms with E-state index in [-0.39, 0.29) is 35.5 Å². The van der Waals surface area contributed by atoms with E-state index in [4.69, 9.17) is 4.74 Å². The summed E-state index contributed by atoms with van der Waals surface area (Å²) >= 11 is 0. The highest BCUT2D eigenvalue weighted by molar-refractivity contribution is 5.90. The number of carbonyl (C=O) groups excluding carboxylic acids is 2. The second-order valence-corrected chi connectivity index (χ2v) is 7.13. The molecule has 2 aliphatic heterocycles. The van der Waals surface area contributed by atoms with Gasteiger partial charge in [0.05, 0.1) is 13.2 Å². The van der Waals surface area contributed by atoms with Gasteiger partial charge in [-0.1, -0.05) is 12.1 Å². The van der Waals surface area contributed by atoms with Gasteiger partial charge in [-0.2, -0.15) is 0 Å². The first-order valence-corrected chi connectivity index (χ1v) is 9.07. The molecule has 5 nitrogen and oxygen atoms in total. The number of halogens is 1. The molecule has 2 saturated heterocycles. The number of nitrogens with zero attached hydrogens (tertiary/aromatic N) is 2. The van der Waals surface area contributed by atoms with E-state index in [1.54, 1.807) is 11.0 Å². The zero-order valence-corrected chi connectivity index (χ0v) is 14.2. The van der Waals surface area contributed by atoms with Crippen LogP contribution < -0.4 is 0 Å². The van der Waals surface area contributed by atoms with Crippen molar-refractivity contribution in [2.45, 2.75) is 31.2 Å². The molecule has 6 heteroatoms. The van der Waals surface area contributed by atoms with Crippen LogP contribution in [0.2, 0.25) is 0 Å². The van der Waals surface area contributed by atoms with Crippen LogP contribution in [0.15, 0.2) is 24.3 Å². The van der Waals surface area contributed by atoms with Gasteiger partial charge < -0.3 is 14.5 Å². The fourth-order valence-corrected chi connectivity index (χ4v) is 4.07. The number of ether oxygens (including phenoxy) is 1. The normalized spacial score (nSPS) is 28.9. The first-order valence-electron chi connectivity index (χ1n) is 9.07. The molecule has 0 aromatic heterocycles. The number of hydrogen-bond donors (Lipinski definition) is 0. The summed E-state index contributed by atoms with van der Waals surface area (Å²) in [6.07, 6.45) is 2.35. The van der Waals surface area contributed by atoms with Crippen LogP contribution in [0.5, 0.6) is 0 Å². The molecule has 3 atom stereocenters. The van der Waals surface area contributed by atoms with Gasteiger partial charge in [-0.15, -0.1) is 0 Å².